The first-order valence-corrected chi connectivity index (χ1v) is 6.29. The Kier molecular flexibility index (Phi) is 4.30. The van der Waals surface area contributed by atoms with Crippen LogP contribution in [0.2, 0.25) is 0 Å². The number of nitrogen functional groups attached to an aromatic ring is 1. The zero-order chi connectivity index (χ0) is 14.5. The molecule has 0 radical (unpaired) electrons. The highest BCUT2D eigenvalue weighted by molar-refractivity contribution is 5.96. The Morgan fingerprint density at radius 2 is 1.90 bits per heavy atom. The van der Waals surface area contributed by atoms with Crippen molar-refractivity contribution in [3.8, 4) is 11.5 Å². The standard InChI is InChI=1S/C15H18N2O3/c1-4-20-6-5-10-9-17-12-8-14(19-3)13(18-2)7-11(12)15(10)16/h5-9H,4H2,1-3H3,(H2,16,17)/b6-5+. The Labute approximate surface area is 118 Å². The van der Waals surface area contributed by atoms with E-state index >= 15 is 0 Å². The quantitative estimate of drug-likeness (QED) is 0.849. The number of benzene rings is 1. The largest absolute Gasteiger partial charge is 0.501 e. The molecule has 1 aromatic heterocycles. The summed E-state index contributed by atoms with van der Waals surface area (Å²) in [4.78, 5) is 4.38. The Morgan fingerprint density at radius 1 is 1.20 bits per heavy atom. The third kappa shape index (κ3) is 2.61. The van der Waals surface area contributed by atoms with Gasteiger partial charge in [-0.1, -0.05) is 0 Å². The average molecular weight is 274 g/mol. The Bertz CT molecular complexity index is 639. The summed E-state index contributed by atoms with van der Waals surface area (Å²) in [7, 11) is 3.18. The summed E-state index contributed by atoms with van der Waals surface area (Å²) in [5.41, 5.74) is 8.37. The van der Waals surface area contributed by atoms with E-state index in [1.807, 2.05) is 13.0 Å². The van der Waals surface area contributed by atoms with Gasteiger partial charge in [0.1, 0.15) is 0 Å². The molecule has 0 bridgehead atoms. The molecule has 106 valence electrons. The molecule has 20 heavy (non-hydrogen) atoms. The minimum atomic E-state index is 0.614. The topological polar surface area (TPSA) is 66.6 Å². The van der Waals surface area contributed by atoms with Crippen molar-refractivity contribution in [3.63, 3.8) is 0 Å². The highest BCUT2D eigenvalue weighted by Gasteiger charge is 2.10. The number of anilines is 1. The Hall–Kier alpha value is -2.43. The second-order valence-electron chi connectivity index (χ2n) is 4.11. The van der Waals surface area contributed by atoms with E-state index < -0.39 is 0 Å². The molecule has 2 rings (SSSR count). The van der Waals surface area contributed by atoms with Crippen LogP contribution in [0.25, 0.3) is 17.0 Å². The van der Waals surface area contributed by atoms with Crippen LogP contribution in [0.5, 0.6) is 11.5 Å². The van der Waals surface area contributed by atoms with Crippen molar-refractivity contribution < 1.29 is 14.2 Å². The Morgan fingerprint density at radius 3 is 2.55 bits per heavy atom. The lowest BCUT2D eigenvalue weighted by Crippen LogP contribution is -1.96. The molecule has 0 unspecified atom stereocenters. The van der Waals surface area contributed by atoms with Crippen molar-refractivity contribution in [2.24, 2.45) is 0 Å². The van der Waals surface area contributed by atoms with Gasteiger partial charge in [0.25, 0.3) is 0 Å². The lowest BCUT2D eigenvalue weighted by molar-refractivity contribution is 0.272. The predicted molar refractivity (Wildman–Crippen MR) is 79.9 cm³/mol. The summed E-state index contributed by atoms with van der Waals surface area (Å²) < 4.78 is 15.7. The van der Waals surface area contributed by atoms with Gasteiger partial charge in [-0.15, -0.1) is 0 Å². The van der Waals surface area contributed by atoms with Crippen LogP contribution in [0.1, 0.15) is 12.5 Å². The predicted octanol–water partition coefficient (Wildman–Crippen LogP) is 2.84. The van der Waals surface area contributed by atoms with E-state index in [-0.39, 0.29) is 0 Å². The van der Waals surface area contributed by atoms with Gasteiger partial charge in [0.2, 0.25) is 0 Å². The Balaban J connectivity index is 2.54. The van der Waals surface area contributed by atoms with Gasteiger partial charge in [-0.25, -0.2) is 0 Å². The normalized spacial score (nSPS) is 10.9. The molecule has 0 spiro atoms. The van der Waals surface area contributed by atoms with Crippen LogP contribution in [-0.2, 0) is 4.74 Å². The summed E-state index contributed by atoms with van der Waals surface area (Å²) in [5, 5.41) is 0.821. The van der Waals surface area contributed by atoms with Gasteiger partial charge < -0.3 is 19.9 Å². The first kappa shape index (κ1) is 14.0. The molecule has 0 atom stereocenters. The van der Waals surface area contributed by atoms with E-state index in [0.29, 0.717) is 23.8 Å². The molecule has 1 aromatic carbocycles. The molecule has 5 heteroatoms. The second kappa shape index (κ2) is 6.14. The monoisotopic (exact) mass is 274 g/mol. The zero-order valence-electron chi connectivity index (χ0n) is 11.8. The van der Waals surface area contributed by atoms with Crippen molar-refractivity contribution in [1.82, 2.24) is 4.98 Å². The SMILES string of the molecule is CCO/C=C/c1cnc2cc(OC)c(OC)cc2c1N. The van der Waals surface area contributed by atoms with Gasteiger partial charge >= 0.3 is 0 Å². The van der Waals surface area contributed by atoms with Gasteiger partial charge in [-0.3, -0.25) is 4.98 Å². The van der Waals surface area contributed by atoms with Crippen LogP contribution in [0.4, 0.5) is 5.69 Å². The summed E-state index contributed by atoms with van der Waals surface area (Å²) in [6.45, 7) is 2.53. The van der Waals surface area contributed by atoms with E-state index in [0.717, 1.165) is 16.5 Å². The molecule has 0 saturated carbocycles. The molecular formula is C15H18N2O3. The van der Waals surface area contributed by atoms with Crippen LogP contribution < -0.4 is 15.2 Å². The molecule has 0 aliphatic rings. The highest BCUT2D eigenvalue weighted by Crippen LogP contribution is 2.34. The van der Waals surface area contributed by atoms with E-state index in [9.17, 15) is 0 Å². The molecule has 1 heterocycles. The smallest absolute Gasteiger partial charge is 0.162 e. The number of fused-ring (bicyclic) bond motifs is 1. The van der Waals surface area contributed by atoms with Crippen molar-refractivity contribution in [3.05, 3.63) is 30.2 Å². The van der Waals surface area contributed by atoms with Crippen molar-refractivity contribution in [2.75, 3.05) is 26.6 Å². The van der Waals surface area contributed by atoms with Crippen LogP contribution in [-0.4, -0.2) is 25.8 Å². The van der Waals surface area contributed by atoms with Crippen LogP contribution in [0.15, 0.2) is 24.6 Å². The average Bonchev–Trinajstić information content (AvgIpc) is 2.48. The van der Waals surface area contributed by atoms with E-state index in [2.05, 4.69) is 4.98 Å². The zero-order valence-corrected chi connectivity index (χ0v) is 11.8. The van der Waals surface area contributed by atoms with Crippen molar-refractivity contribution >= 4 is 22.7 Å². The van der Waals surface area contributed by atoms with Gasteiger partial charge in [0, 0.05) is 23.2 Å². The highest BCUT2D eigenvalue weighted by atomic mass is 16.5. The van der Waals surface area contributed by atoms with Gasteiger partial charge in [-0.2, -0.15) is 0 Å². The van der Waals surface area contributed by atoms with Crippen LogP contribution in [0, 0.1) is 0 Å². The summed E-state index contributed by atoms with van der Waals surface area (Å²) >= 11 is 0. The molecule has 2 N–H and O–H groups in total. The number of nitrogens with zero attached hydrogens (tertiary/aromatic N) is 1. The number of aromatic nitrogens is 1. The van der Waals surface area contributed by atoms with Gasteiger partial charge in [0.05, 0.1) is 38.3 Å². The minimum absolute atomic E-state index is 0.614. The lowest BCUT2D eigenvalue weighted by Gasteiger charge is -2.11. The lowest BCUT2D eigenvalue weighted by atomic mass is 10.1. The fourth-order valence-electron chi connectivity index (χ4n) is 1.91. The molecule has 0 saturated heterocycles. The first-order valence-electron chi connectivity index (χ1n) is 6.29. The maximum atomic E-state index is 6.17. The third-order valence-corrected chi connectivity index (χ3v) is 2.96. The van der Waals surface area contributed by atoms with E-state index in [1.165, 1.54) is 0 Å². The van der Waals surface area contributed by atoms with Crippen molar-refractivity contribution in [1.29, 1.82) is 0 Å². The van der Waals surface area contributed by atoms with Gasteiger partial charge in [0.15, 0.2) is 11.5 Å². The molecular weight excluding hydrogens is 256 g/mol. The fourth-order valence-corrected chi connectivity index (χ4v) is 1.91. The maximum absolute atomic E-state index is 6.17. The van der Waals surface area contributed by atoms with E-state index in [4.69, 9.17) is 19.9 Å². The summed E-state index contributed by atoms with van der Waals surface area (Å²) in [6, 6.07) is 3.63. The van der Waals surface area contributed by atoms with E-state index in [1.54, 1.807) is 38.8 Å². The summed E-state index contributed by atoms with van der Waals surface area (Å²) in [6.07, 6.45) is 5.11. The van der Waals surface area contributed by atoms with Crippen molar-refractivity contribution in [2.45, 2.75) is 6.92 Å². The number of hydrogen-bond donors (Lipinski definition) is 1. The summed E-state index contributed by atoms with van der Waals surface area (Å²) in [5.74, 6) is 1.25. The molecule has 5 nitrogen and oxygen atoms in total. The van der Waals surface area contributed by atoms with Crippen LogP contribution >= 0.6 is 0 Å². The fraction of sp³-hybridized carbons (Fsp3) is 0.267. The number of methoxy groups -OCH3 is 2. The molecule has 0 aliphatic carbocycles. The maximum Gasteiger partial charge on any atom is 0.162 e. The van der Waals surface area contributed by atoms with Gasteiger partial charge in [-0.05, 0) is 19.1 Å². The number of pyridine rings is 1. The second-order valence-corrected chi connectivity index (χ2v) is 4.11. The number of hydrogen-bond acceptors (Lipinski definition) is 5. The minimum Gasteiger partial charge on any atom is -0.501 e. The number of rotatable bonds is 5. The van der Waals surface area contributed by atoms with Crippen LogP contribution in [0.3, 0.4) is 0 Å². The first-order chi connectivity index (χ1) is 9.71. The third-order valence-electron chi connectivity index (χ3n) is 2.96. The molecule has 0 fully saturated rings. The number of nitrogens with two attached hydrogens (primary N) is 1. The molecule has 2 aromatic rings. The molecule has 0 amide bonds. The molecule has 0 aliphatic heterocycles. The number of ether oxygens (including phenoxy) is 3.